The van der Waals surface area contributed by atoms with E-state index >= 15 is 0 Å². The summed E-state index contributed by atoms with van der Waals surface area (Å²) in [6, 6.07) is 9.31. The first-order chi connectivity index (χ1) is 9.22. The highest BCUT2D eigenvalue weighted by molar-refractivity contribution is 8.00. The highest BCUT2D eigenvalue weighted by atomic mass is 32.2. The number of nitrogens with two attached hydrogens (primary N) is 1. The summed E-state index contributed by atoms with van der Waals surface area (Å²) in [4.78, 5) is 2.52. The molecule has 3 heteroatoms. The molecule has 2 nitrogen and oxygen atoms in total. The van der Waals surface area contributed by atoms with Gasteiger partial charge >= 0.3 is 0 Å². The molecule has 1 aromatic carbocycles. The molecule has 19 heavy (non-hydrogen) atoms. The minimum absolute atomic E-state index is 0.293. The van der Waals surface area contributed by atoms with Crippen molar-refractivity contribution in [3.63, 3.8) is 0 Å². The smallest absolute Gasteiger partial charge is 0.0367 e. The number of rotatable bonds is 5. The molecule has 1 heterocycles. The molecule has 106 valence electrons. The molecule has 1 aromatic rings. The minimum atomic E-state index is 0.293. The molecule has 0 radical (unpaired) electrons. The standard InChI is InChI=1S/C16H26N2S/c1-3-14(17)11-13-5-7-15(8-6-13)18-9-10-19-16(4-2)12-18/h5-8,14,16H,3-4,9-12,17H2,1-2H3. The van der Waals surface area contributed by atoms with Crippen molar-refractivity contribution in [2.24, 2.45) is 5.73 Å². The molecule has 1 fully saturated rings. The van der Waals surface area contributed by atoms with Gasteiger partial charge in [0.2, 0.25) is 0 Å². The fraction of sp³-hybridized carbons (Fsp3) is 0.625. The monoisotopic (exact) mass is 278 g/mol. The topological polar surface area (TPSA) is 29.3 Å². The Morgan fingerprint density at radius 2 is 2.05 bits per heavy atom. The molecule has 1 aliphatic heterocycles. The summed E-state index contributed by atoms with van der Waals surface area (Å²) in [5, 5.41) is 0.793. The SMILES string of the molecule is CCC(N)Cc1ccc(N2CCSC(CC)C2)cc1. The maximum absolute atomic E-state index is 6.01. The summed E-state index contributed by atoms with van der Waals surface area (Å²) < 4.78 is 0. The summed E-state index contributed by atoms with van der Waals surface area (Å²) in [5.74, 6) is 1.25. The van der Waals surface area contributed by atoms with Crippen LogP contribution < -0.4 is 10.6 Å². The molecular weight excluding hydrogens is 252 g/mol. The Kier molecular flexibility index (Phi) is 5.59. The molecule has 0 spiro atoms. The van der Waals surface area contributed by atoms with E-state index in [1.807, 2.05) is 0 Å². The second-order valence-electron chi connectivity index (χ2n) is 5.39. The zero-order chi connectivity index (χ0) is 13.7. The minimum Gasteiger partial charge on any atom is -0.370 e. The summed E-state index contributed by atoms with van der Waals surface area (Å²) in [5.41, 5.74) is 8.73. The first-order valence-electron chi connectivity index (χ1n) is 7.44. The van der Waals surface area contributed by atoms with Gasteiger partial charge in [-0.3, -0.25) is 0 Å². The highest BCUT2D eigenvalue weighted by Gasteiger charge is 2.18. The Morgan fingerprint density at radius 1 is 1.32 bits per heavy atom. The van der Waals surface area contributed by atoms with Crippen molar-refractivity contribution in [2.45, 2.75) is 44.4 Å². The Balaban J connectivity index is 1.97. The van der Waals surface area contributed by atoms with Crippen LogP contribution in [0.2, 0.25) is 0 Å². The zero-order valence-corrected chi connectivity index (χ0v) is 13.0. The molecule has 2 N–H and O–H groups in total. The first-order valence-corrected chi connectivity index (χ1v) is 8.48. The molecule has 2 atom stereocenters. The maximum atomic E-state index is 6.01. The normalized spacial score (nSPS) is 21.4. The Labute approximate surface area is 121 Å². The third-order valence-electron chi connectivity index (χ3n) is 3.92. The van der Waals surface area contributed by atoms with Gasteiger partial charge in [-0.25, -0.2) is 0 Å². The molecule has 2 unspecified atom stereocenters. The van der Waals surface area contributed by atoms with E-state index in [2.05, 4.69) is 54.8 Å². The molecular formula is C16H26N2S. The van der Waals surface area contributed by atoms with Crippen LogP contribution in [0.15, 0.2) is 24.3 Å². The second-order valence-corrected chi connectivity index (χ2v) is 6.79. The molecule has 0 aliphatic carbocycles. The van der Waals surface area contributed by atoms with E-state index in [0.717, 1.165) is 18.1 Å². The number of benzene rings is 1. The number of anilines is 1. The summed E-state index contributed by atoms with van der Waals surface area (Å²) in [6.07, 6.45) is 3.30. The van der Waals surface area contributed by atoms with Crippen LogP contribution in [0, 0.1) is 0 Å². The maximum Gasteiger partial charge on any atom is 0.0367 e. The molecule has 0 saturated carbocycles. The van der Waals surface area contributed by atoms with Crippen LogP contribution in [-0.4, -0.2) is 30.1 Å². The number of nitrogens with zero attached hydrogens (tertiary/aromatic N) is 1. The van der Waals surface area contributed by atoms with Crippen LogP contribution in [0.5, 0.6) is 0 Å². The Morgan fingerprint density at radius 3 is 2.68 bits per heavy atom. The van der Waals surface area contributed by atoms with Crippen LogP contribution in [-0.2, 0) is 6.42 Å². The quantitative estimate of drug-likeness (QED) is 0.896. The van der Waals surface area contributed by atoms with E-state index in [9.17, 15) is 0 Å². The summed E-state index contributed by atoms with van der Waals surface area (Å²) in [7, 11) is 0. The lowest BCUT2D eigenvalue weighted by Gasteiger charge is -2.33. The third-order valence-corrected chi connectivity index (χ3v) is 5.29. The molecule has 2 rings (SSSR count). The lowest BCUT2D eigenvalue weighted by Crippen LogP contribution is -2.37. The van der Waals surface area contributed by atoms with Gasteiger partial charge in [-0.2, -0.15) is 11.8 Å². The number of thioether (sulfide) groups is 1. The average molecular weight is 278 g/mol. The molecule has 1 aliphatic rings. The van der Waals surface area contributed by atoms with Crippen molar-refractivity contribution in [3.8, 4) is 0 Å². The number of hydrogen-bond donors (Lipinski definition) is 1. The highest BCUT2D eigenvalue weighted by Crippen LogP contribution is 2.26. The van der Waals surface area contributed by atoms with Gasteiger partial charge in [-0.1, -0.05) is 26.0 Å². The van der Waals surface area contributed by atoms with E-state index in [0.29, 0.717) is 6.04 Å². The molecule has 1 saturated heterocycles. The molecule has 0 bridgehead atoms. The molecule has 0 aromatic heterocycles. The van der Waals surface area contributed by atoms with E-state index < -0.39 is 0 Å². The lowest BCUT2D eigenvalue weighted by atomic mass is 10.0. The summed E-state index contributed by atoms with van der Waals surface area (Å²) in [6.45, 7) is 6.80. The van der Waals surface area contributed by atoms with Gasteiger partial charge in [-0.15, -0.1) is 0 Å². The van der Waals surface area contributed by atoms with Crippen molar-refractivity contribution < 1.29 is 0 Å². The lowest BCUT2D eigenvalue weighted by molar-refractivity contribution is 0.646. The van der Waals surface area contributed by atoms with Gasteiger partial charge in [0.1, 0.15) is 0 Å². The van der Waals surface area contributed by atoms with Gasteiger partial charge in [0.15, 0.2) is 0 Å². The number of hydrogen-bond acceptors (Lipinski definition) is 3. The van der Waals surface area contributed by atoms with E-state index in [1.165, 1.54) is 36.5 Å². The average Bonchev–Trinajstić information content (AvgIpc) is 2.48. The van der Waals surface area contributed by atoms with E-state index in [-0.39, 0.29) is 0 Å². The van der Waals surface area contributed by atoms with Gasteiger partial charge in [0.05, 0.1) is 0 Å². The van der Waals surface area contributed by atoms with Crippen molar-refractivity contribution in [1.82, 2.24) is 0 Å². The van der Waals surface area contributed by atoms with E-state index in [1.54, 1.807) is 0 Å². The predicted molar refractivity (Wildman–Crippen MR) is 87.2 cm³/mol. The fourth-order valence-corrected chi connectivity index (χ4v) is 3.67. The predicted octanol–water partition coefficient (Wildman–Crippen LogP) is 3.30. The van der Waals surface area contributed by atoms with Crippen molar-refractivity contribution in [2.75, 3.05) is 23.7 Å². The zero-order valence-electron chi connectivity index (χ0n) is 12.1. The Bertz CT molecular complexity index is 377. The van der Waals surface area contributed by atoms with Gasteiger partial charge in [0.25, 0.3) is 0 Å². The van der Waals surface area contributed by atoms with Crippen molar-refractivity contribution in [1.29, 1.82) is 0 Å². The fourth-order valence-electron chi connectivity index (χ4n) is 2.49. The van der Waals surface area contributed by atoms with Crippen LogP contribution in [0.1, 0.15) is 32.3 Å². The third kappa shape index (κ3) is 4.15. The van der Waals surface area contributed by atoms with Crippen LogP contribution >= 0.6 is 11.8 Å². The van der Waals surface area contributed by atoms with Gasteiger partial charge in [0, 0.05) is 35.8 Å². The van der Waals surface area contributed by atoms with Crippen molar-refractivity contribution in [3.05, 3.63) is 29.8 Å². The molecule has 0 amide bonds. The summed E-state index contributed by atoms with van der Waals surface area (Å²) >= 11 is 2.12. The Hall–Kier alpha value is -0.670. The van der Waals surface area contributed by atoms with Crippen molar-refractivity contribution >= 4 is 17.4 Å². The first kappa shape index (κ1) is 14.7. The van der Waals surface area contributed by atoms with Crippen LogP contribution in [0.4, 0.5) is 5.69 Å². The largest absolute Gasteiger partial charge is 0.370 e. The van der Waals surface area contributed by atoms with Crippen LogP contribution in [0.25, 0.3) is 0 Å². The van der Waals surface area contributed by atoms with Gasteiger partial charge < -0.3 is 10.6 Å². The van der Waals surface area contributed by atoms with Gasteiger partial charge in [-0.05, 0) is 37.0 Å². The second kappa shape index (κ2) is 7.20. The van der Waals surface area contributed by atoms with Crippen LogP contribution in [0.3, 0.4) is 0 Å². The van der Waals surface area contributed by atoms with E-state index in [4.69, 9.17) is 5.73 Å².